The summed E-state index contributed by atoms with van der Waals surface area (Å²) in [4.78, 5) is 18.5. The summed E-state index contributed by atoms with van der Waals surface area (Å²) in [5, 5.41) is 9.86. The summed E-state index contributed by atoms with van der Waals surface area (Å²) < 4.78 is 15.9. The highest BCUT2D eigenvalue weighted by molar-refractivity contribution is 5.93. The highest BCUT2D eigenvalue weighted by Gasteiger charge is 2.17. The predicted octanol–water partition coefficient (Wildman–Crippen LogP) is 0.877. The van der Waals surface area contributed by atoms with Crippen LogP contribution in [0.2, 0.25) is 0 Å². The molecule has 0 radical (unpaired) electrons. The lowest BCUT2D eigenvalue weighted by molar-refractivity contribution is 0.0991. The summed E-state index contributed by atoms with van der Waals surface area (Å²) in [6, 6.07) is 5.29. The molecule has 1 aromatic carbocycles. The molecule has 1 heterocycles. The molecule has 1 amide bonds. The second kappa shape index (κ2) is 6.61. The van der Waals surface area contributed by atoms with E-state index in [0.717, 1.165) is 6.33 Å². The molecule has 0 bridgehead atoms. The number of rotatable bonds is 6. The molecule has 0 aliphatic rings. The van der Waals surface area contributed by atoms with Crippen LogP contribution in [0, 0.1) is 0 Å². The number of carbonyl (C=O) groups is 1. The van der Waals surface area contributed by atoms with Crippen molar-refractivity contribution < 1.29 is 24.1 Å². The smallest absolute Gasteiger partial charge is 0.271 e. The number of methoxy groups -OCH3 is 2. The molecule has 0 saturated carbocycles. The molecule has 0 atom stereocenters. The maximum absolute atomic E-state index is 11.1. The molecular formula is C14H15N3O5. The van der Waals surface area contributed by atoms with E-state index in [-0.39, 0.29) is 18.2 Å². The maximum atomic E-state index is 11.1. The third kappa shape index (κ3) is 3.00. The van der Waals surface area contributed by atoms with Gasteiger partial charge in [0.25, 0.3) is 11.8 Å². The van der Waals surface area contributed by atoms with Crippen molar-refractivity contribution in [2.24, 2.45) is 5.73 Å². The molecule has 0 spiro atoms. The number of primary amides is 1. The number of nitrogens with zero attached hydrogens (tertiary/aromatic N) is 2. The number of hydrogen-bond acceptors (Lipinski definition) is 7. The number of ether oxygens (including phenoxy) is 3. The first kappa shape index (κ1) is 15.4. The van der Waals surface area contributed by atoms with Gasteiger partial charge in [-0.05, 0) is 6.07 Å². The van der Waals surface area contributed by atoms with Crippen molar-refractivity contribution in [1.29, 1.82) is 0 Å². The molecule has 0 aliphatic heterocycles. The first-order chi connectivity index (χ1) is 10.6. The number of aromatic hydroxyl groups is 1. The van der Waals surface area contributed by atoms with Crippen molar-refractivity contribution in [1.82, 2.24) is 9.97 Å². The van der Waals surface area contributed by atoms with E-state index >= 15 is 0 Å². The number of hydrogen-bond donors (Lipinski definition) is 2. The van der Waals surface area contributed by atoms with Gasteiger partial charge in [-0.3, -0.25) is 4.79 Å². The largest absolute Gasteiger partial charge is 0.501 e. The van der Waals surface area contributed by atoms with Crippen LogP contribution in [0.3, 0.4) is 0 Å². The van der Waals surface area contributed by atoms with Gasteiger partial charge in [0, 0.05) is 5.56 Å². The third-order valence-electron chi connectivity index (χ3n) is 2.87. The van der Waals surface area contributed by atoms with Gasteiger partial charge in [-0.15, -0.1) is 0 Å². The van der Waals surface area contributed by atoms with Gasteiger partial charge in [0.15, 0.2) is 17.2 Å². The summed E-state index contributed by atoms with van der Waals surface area (Å²) >= 11 is 0. The Kier molecular flexibility index (Phi) is 4.62. The van der Waals surface area contributed by atoms with Crippen LogP contribution in [0.15, 0.2) is 24.5 Å². The Balaban J connectivity index is 2.24. The standard InChI is InChI=1S/C14H15N3O5/c1-20-9-5-3-4-8(12(9)21-2)6-22-14-11(18)10(13(15)19)16-7-17-14/h3-5,7,18H,6H2,1-2H3,(H2,15,19). The molecule has 1 aromatic heterocycles. The van der Waals surface area contributed by atoms with E-state index in [4.69, 9.17) is 19.9 Å². The minimum absolute atomic E-state index is 0.0448. The summed E-state index contributed by atoms with van der Waals surface area (Å²) in [6.45, 7) is 0.0448. The molecule has 3 N–H and O–H groups in total. The van der Waals surface area contributed by atoms with Gasteiger partial charge in [0.2, 0.25) is 5.75 Å². The van der Waals surface area contributed by atoms with Crippen molar-refractivity contribution in [2.75, 3.05) is 14.2 Å². The van der Waals surface area contributed by atoms with Gasteiger partial charge in [0.1, 0.15) is 12.9 Å². The molecule has 0 unspecified atom stereocenters. The van der Waals surface area contributed by atoms with Crippen LogP contribution >= 0.6 is 0 Å². The van der Waals surface area contributed by atoms with E-state index in [2.05, 4.69) is 9.97 Å². The fourth-order valence-corrected chi connectivity index (χ4v) is 1.86. The molecular weight excluding hydrogens is 290 g/mol. The number of benzene rings is 1. The monoisotopic (exact) mass is 305 g/mol. The zero-order valence-electron chi connectivity index (χ0n) is 12.1. The molecule has 0 fully saturated rings. The van der Waals surface area contributed by atoms with Crippen LogP contribution in [0.5, 0.6) is 23.1 Å². The first-order valence-corrected chi connectivity index (χ1v) is 6.25. The van der Waals surface area contributed by atoms with Gasteiger partial charge < -0.3 is 25.1 Å². The lowest BCUT2D eigenvalue weighted by Gasteiger charge is -2.13. The number of carbonyl (C=O) groups excluding carboxylic acids is 1. The highest BCUT2D eigenvalue weighted by atomic mass is 16.5. The Bertz CT molecular complexity index is 690. The molecule has 8 nitrogen and oxygen atoms in total. The Hall–Kier alpha value is -3.03. The highest BCUT2D eigenvalue weighted by Crippen LogP contribution is 2.32. The summed E-state index contributed by atoms with van der Waals surface area (Å²) in [5.41, 5.74) is 5.47. The molecule has 2 aromatic rings. The van der Waals surface area contributed by atoms with Gasteiger partial charge in [-0.2, -0.15) is 4.98 Å². The predicted molar refractivity (Wildman–Crippen MR) is 76.1 cm³/mol. The Morgan fingerprint density at radius 3 is 2.68 bits per heavy atom. The van der Waals surface area contributed by atoms with Crippen molar-refractivity contribution in [3.8, 4) is 23.1 Å². The second-order valence-electron chi connectivity index (χ2n) is 4.18. The van der Waals surface area contributed by atoms with Crippen LogP contribution in [0.1, 0.15) is 16.1 Å². The normalized spacial score (nSPS) is 10.1. The zero-order chi connectivity index (χ0) is 16.1. The maximum Gasteiger partial charge on any atom is 0.271 e. The van der Waals surface area contributed by atoms with Crippen molar-refractivity contribution >= 4 is 5.91 Å². The first-order valence-electron chi connectivity index (χ1n) is 6.25. The van der Waals surface area contributed by atoms with E-state index in [1.807, 2.05) is 0 Å². The van der Waals surface area contributed by atoms with Gasteiger partial charge in [-0.1, -0.05) is 12.1 Å². The number of para-hydroxylation sites is 1. The van der Waals surface area contributed by atoms with Gasteiger partial charge >= 0.3 is 0 Å². The van der Waals surface area contributed by atoms with E-state index in [9.17, 15) is 9.90 Å². The van der Waals surface area contributed by atoms with Crippen molar-refractivity contribution in [2.45, 2.75) is 6.61 Å². The van der Waals surface area contributed by atoms with Crippen molar-refractivity contribution in [3.63, 3.8) is 0 Å². The number of nitrogens with two attached hydrogens (primary N) is 1. The summed E-state index contributed by atoms with van der Waals surface area (Å²) in [6.07, 6.45) is 1.08. The molecule has 0 saturated heterocycles. The minimum Gasteiger partial charge on any atom is -0.501 e. The molecule has 2 rings (SSSR count). The Morgan fingerprint density at radius 1 is 1.27 bits per heavy atom. The average molecular weight is 305 g/mol. The average Bonchev–Trinajstić information content (AvgIpc) is 2.53. The SMILES string of the molecule is COc1cccc(COc2ncnc(C(N)=O)c2O)c1OC. The van der Waals surface area contributed by atoms with E-state index in [1.165, 1.54) is 14.2 Å². The van der Waals surface area contributed by atoms with Crippen LogP contribution in [-0.4, -0.2) is 35.2 Å². The fourth-order valence-electron chi connectivity index (χ4n) is 1.86. The summed E-state index contributed by atoms with van der Waals surface area (Å²) in [7, 11) is 3.03. The number of aromatic nitrogens is 2. The Labute approximate surface area is 126 Å². The fraction of sp³-hybridized carbons (Fsp3) is 0.214. The third-order valence-corrected chi connectivity index (χ3v) is 2.87. The molecule has 8 heteroatoms. The number of amides is 1. The second-order valence-corrected chi connectivity index (χ2v) is 4.18. The van der Waals surface area contributed by atoms with Crippen LogP contribution in [0.4, 0.5) is 0 Å². The lowest BCUT2D eigenvalue weighted by atomic mass is 10.2. The van der Waals surface area contributed by atoms with E-state index in [1.54, 1.807) is 18.2 Å². The Morgan fingerprint density at radius 2 is 2.05 bits per heavy atom. The van der Waals surface area contributed by atoms with Gasteiger partial charge in [-0.25, -0.2) is 4.98 Å². The lowest BCUT2D eigenvalue weighted by Crippen LogP contribution is -2.14. The van der Waals surface area contributed by atoms with Gasteiger partial charge in [0.05, 0.1) is 14.2 Å². The van der Waals surface area contributed by atoms with Crippen LogP contribution < -0.4 is 19.9 Å². The molecule has 116 valence electrons. The van der Waals surface area contributed by atoms with Crippen LogP contribution in [-0.2, 0) is 6.61 Å². The molecule has 22 heavy (non-hydrogen) atoms. The van der Waals surface area contributed by atoms with E-state index in [0.29, 0.717) is 17.1 Å². The quantitative estimate of drug-likeness (QED) is 0.813. The zero-order valence-corrected chi connectivity index (χ0v) is 12.1. The van der Waals surface area contributed by atoms with Crippen LogP contribution in [0.25, 0.3) is 0 Å². The molecule has 0 aliphatic carbocycles. The summed E-state index contributed by atoms with van der Waals surface area (Å²) in [5.74, 6) is -0.462. The topological polar surface area (TPSA) is 117 Å². The minimum atomic E-state index is -0.872. The van der Waals surface area contributed by atoms with Crippen molar-refractivity contribution in [3.05, 3.63) is 35.8 Å². The van der Waals surface area contributed by atoms with E-state index < -0.39 is 11.7 Å².